The van der Waals surface area contributed by atoms with Crippen molar-refractivity contribution >= 4 is 23.9 Å². The van der Waals surface area contributed by atoms with Crippen molar-refractivity contribution in [2.24, 2.45) is 10.8 Å². The summed E-state index contributed by atoms with van der Waals surface area (Å²) in [6.07, 6.45) is 3.82. The van der Waals surface area contributed by atoms with Gasteiger partial charge in [-0.1, -0.05) is 46.6 Å². The normalized spacial score (nSPS) is 14.1. The topological polar surface area (TPSA) is 128 Å². The van der Waals surface area contributed by atoms with E-state index in [-0.39, 0.29) is 30.4 Å². The fourth-order valence-electron chi connectivity index (χ4n) is 3.44. The summed E-state index contributed by atoms with van der Waals surface area (Å²) in [5.74, 6) is -2.94. The van der Waals surface area contributed by atoms with E-state index in [9.17, 15) is 24.3 Å². The molecule has 0 saturated carbocycles. The van der Waals surface area contributed by atoms with E-state index in [0.29, 0.717) is 31.2 Å². The van der Waals surface area contributed by atoms with Crippen LogP contribution >= 0.6 is 0 Å². The van der Waals surface area contributed by atoms with Gasteiger partial charge in [0.15, 0.2) is 11.5 Å². The first-order valence-corrected chi connectivity index (χ1v) is 14.4. The maximum Gasteiger partial charge on any atom is 0.364 e. The molecule has 1 rings (SSSR count). The molecule has 40 heavy (non-hydrogen) atoms. The first kappa shape index (κ1) is 35.1. The number of carboxylic acid groups (broad SMARTS) is 1. The molecule has 2 N–H and O–H groups in total. The Labute approximate surface area is 239 Å². The molecule has 0 aliphatic heterocycles. The summed E-state index contributed by atoms with van der Waals surface area (Å²) in [5, 5.41) is 13.3. The number of rotatable bonds is 17. The van der Waals surface area contributed by atoms with Crippen LogP contribution in [-0.4, -0.2) is 40.8 Å². The first-order valence-electron chi connectivity index (χ1n) is 14.4. The molecule has 0 aliphatic rings. The summed E-state index contributed by atoms with van der Waals surface area (Å²) in [6.45, 7) is 16.4. The molecule has 0 aromatic heterocycles. The van der Waals surface area contributed by atoms with Crippen molar-refractivity contribution in [2.45, 2.75) is 125 Å². The van der Waals surface area contributed by atoms with Crippen molar-refractivity contribution in [3.63, 3.8) is 0 Å². The monoisotopic (exact) mass is 563 g/mol. The summed E-state index contributed by atoms with van der Waals surface area (Å²) < 4.78 is 17.0. The maximum absolute atomic E-state index is 13.0. The second-order valence-corrected chi connectivity index (χ2v) is 11.7. The van der Waals surface area contributed by atoms with Gasteiger partial charge in [0.2, 0.25) is 0 Å². The standard InChI is InChI=1S/C31H49NO8/c1-10-14-15-16-25(33)40-31(26(34)35,32-21(5)11-2)20-22-17-18-23(38-27(36)29(6,7)12-3)24(19-22)39-28(37)30(8,9)13-4/h17-19,21,32H,10-16,20H2,1-9H3,(H,34,35)/t21?,31-/m0/s1. The predicted octanol–water partition coefficient (Wildman–Crippen LogP) is 6.20. The predicted molar refractivity (Wildman–Crippen MR) is 153 cm³/mol. The summed E-state index contributed by atoms with van der Waals surface area (Å²) in [6, 6.07) is 4.23. The lowest BCUT2D eigenvalue weighted by atomic mass is 9.90. The van der Waals surface area contributed by atoms with Crippen LogP contribution in [0.1, 0.15) is 113 Å². The van der Waals surface area contributed by atoms with Gasteiger partial charge in [0.25, 0.3) is 5.72 Å². The molecule has 0 aliphatic carbocycles. The van der Waals surface area contributed by atoms with Crippen LogP contribution < -0.4 is 14.8 Å². The first-order chi connectivity index (χ1) is 18.6. The van der Waals surface area contributed by atoms with E-state index in [4.69, 9.17) is 14.2 Å². The van der Waals surface area contributed by atoms with Gasteiger partial charge in [0, 0.05) is 18.9 Å². The van der Waals surface area contributed by atoms with Gasteiger partial charge in [0.1, 0.15) is 0 Å². The average Bonchev–Trinajstić information content (AvgIpc) is 2.89. The van der Waals surface area contributed by atoms with Gasteiger partial charge in [-0.05, 0) is 78.0 Å². The fourth-order valence-corrected chi connectivity index (χ4v) is 3.44. The molecule has 1 unspecified atom stereocenters. The third-order valence-corrected chi connectivity index (χ3v) is 7.45. The minimum atomic E-state index is -2.05. The summed E-state index contributed by atoms with van der Waals surface area (Å²) >= 11 is 0. The zero-order valence-electron chi connectivity index (χ0n) is 25.8. The number of carbonyl (C=O) groups excluding carboxylic acids is 3. The second-order valence-electron chi connectivity index (χ2n) is 11.7. The Morgan fingerprint density at radius 1 is 0.875 bits per heavy atom. The Morgan fingerprint density at radius 3 is 1.90 bits per heavy atom. The third-order valence-electron chi connectivity index (χ3n) is 7.45. The van der Waals surface area contributed by atoms with Crippen molar-refractivity contribution in [3.8, 4) is 11.5 Å². The Bertz CT molecular complexity index is 1030. The van der Waals surface area contributed by atoms with Crippen molar-refractivity contribution in [1.82, 2.24) is 5.32 Å². The highest BCUT2D eigenvalue weighted by molar-refractivity contribution is 5.83. The van der Waals surface area contributed by atoms with Crippen molar-refractivity contribution in [1.29, 1.82) is 0 Å². The number of carbonyl (C=O) groups is 4. The van der Waals surface area contributed by atoms with Crippen LogP contribution in [0.25, 0.3) is 0 Å². The van der Waals surface area contributed by atoms with Crippen molar-refractivity contribution in [2.75, 3.05) is 0 Å². The van der Waals surface area contributed by atoms with Gasteiger partial charge in [0.05, 0.1) is 10.8 Å². The summed E-state index contributed by atoms with van der Waals surface area (Å²) in [7, 11) is 0. The number of hydrogen-bond donors (Lipinski definition) is 2. The van der Waals surface area contributed by atoms with E-state index in [0.717, 1.165) is 12.8 Å². The zero-order valence-corrected chi connectivity index (χ0v) is 25.8. The lowest BCUT2D eigenvalue weighted by molar-refractivity contribution is -0.184. The number of carboxylic acids is 1. The fraction of sp³-hybridized carbons (Fsp3) is 0.677. The van der Waals surface area contributed by atoms with E-state index in [1.54, 1.807) is 40.7 Å². The Balaban J connectivity index is 3.55. The largest absolute Gasteiger partial charge is 0.477 e. The lowest BCUT2D eigenvalue weighted by Crippen LogP contribution is -2.59. The van der Waals surface area contributed by atoms with E-state index in [1.165, 1.54) is 12.1 Å². The van der Waals surface area contributed by atoms with Crippen LogP contribution in [-0.2, 0) is 30.3 Å². The van der Waals surface area contributed by atoms with Gasteiger partial charge in [-0.2, -0.15) is 0 Å². The molecule has 1 aromatic rings. The molecule has 0 amide bonds. The quantitative estimate of drug-likeness (QED) is 0.0984. The molecule has 9 nitrogen and oxygen atoms in total. The average molecular weight is 564 g/mol. The minimum absolute atomic E-state index is 0.0126. The molecule has 9 heteroatoms. The SMILES string of the molecule is CCCCCC(=O)O[C@](Cc1ccc(OC(=O)C(C)(C)CC)c(OC(=O)C(C)(C)CC)c1)(NC(C)CC)C(=O)O. The van der Waals surface area contributed by atoms with Crippen molar-refractivity contribution < 1.29 is 38.5 Å². The number of nitrogens with one attached hydrogen (secondary N) is 1. The molecule has 2 atom stereocenters. The lowest BCUT2D eigenvalue weighted by Gasteiger charge is -2.33. The highest BCUT2D eigenvalue weighted by atomic mass is 16.6. The molecule has 0 spiro atoms. The minimum Gasteiger partial charge on any atom is -0.477 e. The molecule has 0 bridgehead atoms. The van der Waals surface area contributed by atoms with Gasteiger partial charge >= 0.3 is 23.9 Å². The van der Waals surface area contributed by atoms with Crippen LogP contribution in [0.15, 0.2) is 18.2 Å². The van der Waals surface area contributed by atoms with Crippen molar-refractivity contribution in [3.05, 3.63) is 23.8 Å². The number of unbranched alkanes of at least 4 members (excludes halogenated alkanes) is 2. The number of hydrogen-bond acceptors (Lipinski definition) is 8. The van der Waals surface area contributed by atoms with Crippen LogP contribution in [0.5, 0.6) is 11.5 Å². The van der Waals surface area contributed by atoms with Crippen LogP contribution in [0, 0.1) is 10.8 Å². The molecule has 226 valence electrons. The Morgan fingerprint density at radius 2 is 1.43 bits per heavy atom. The van der Waals surface area contributed by atoms with E-state index in [1.807, 2.05) is 27.7 Å². The molecule has 0 saturated heterocycles. The van der Waals surface area contributed by atoms with E-state index in [2.05, 4.69) is 5.32 Å². The number of ether oxygens (including phenoxy) is 3. The molecular formula is C31H49NO8. The molecule has 0 heterocycles. The van der Waals surface area contributed by atoms with Gasteiger partial charge in [-0.15, -0.1) is 0 Å². The van der Waals surface area contributed by atoms with E-state index >= 15 is 0 Å². The van der Waals surface area contributed by atoms with Gasteiger partial charge < -0.3 is 19.3 Å². The molecule has 1 aromatic carbocycles. The highest BCUT2D eigenvalue weighted by Crippen LogP contribution is 2.35. The molecule has 0 radical (unpaired) electrons. The Hall–Kier alpha value is -2.94. The smallest absolute Gasteiger partial charge is 0.364 e. The van der Waals surface area contributed by atoms with Crippen LogP contribution in [0.3, 0.4) is 0 Å². The third kappa shape index (κ3) is 9.91. The maximum atomic E-state index is 13.0. The summed E-state index contributed by atoms with van der Waals surface area (Å²) in [5.41, 5.74) is -3.22. The van der Waals surface area contributed by atoms with Crippen LogP contribution in [0.2, 0.25) is 0 Å². The molecular weight excluding hydrogens is 514 g/mol. The zero-order chi connectivity index (χ0) is 30.7. The Kier molecular flexibility index (Phi) is 13.3. The number of aliphatic carboxylic acids is 1. The number of benzene rings is 1. The number of esters is 3. The highest BCUT2D eigenvalue weighted by Gasteiger charge is 2.44. The van der Waals surface area contributed by atoms with Crippen LogP contribution in [0.4, 0.5) is 0 Å². The molecule has 0 fully saturated rings. The van der Waals surface area contributed by atoms with Gasteiger partial charge in [-0.3, -0.25) is 19.7 Å². The summed E-state index contributed by atoms with van der Waals surface area (Å²) in [4.78, 5) is 51.1. The van der Waals surface area contributed by atoms with E-state index < -0.39 is 40.4 Å². The van der Waals surface area contributed by atoms with Gasteiger partial charge in [-0.25, -0.2) is 4.79 Å². The second kappa shape index (κ2) is 15.2.